The number of carbonyl (C=O) groups excluding carboxylic acids is 2. The van der Waals surface area contributed by atoms with E-state index in [1.165, 1.54) is 83.5 Å². The van der Waals surface area contributed by atoms with Crippen LogP contribution in [-0.4, -0.2) is 49.3 Å². The summed E-state index contributed by atoms with van der Waals surface area (Å²) >= 11 is 0. The number of nitrogens with two attached hydrogens (primary N) is 1. The largest absolute Gasteiger partial charge is 0.472 e. The average molecular weight is 794 g/mol. The maximum Gasteiger partial charge on any atom is 0.472 e. The van der Waals surface area contributed by atoms with Gasteiger partial charge in [0, 0.05) is 19.4 Å². The minimum Gasteiger partial charge on any atom is -0.462 e. The van der Waals surface area contributed by atoms with Gasteiger partial charge in [0.15, 0.2) is 6.10 Å². The van der Waals surface area contributed by atoms with Gasteiger partial charge in [0.25, 0.3) is 0 Å². The highest BCUT2D eigenvalue weighted by Crippen LogP contribution is 2.43. The van der Waals surface area contributed by atoms with Gasteiger partial charge in [0.05, 0.1) is 13.2 Å². The van der Waals surface area contributed by atoms with E-state index in [-0.39, 0.29) is 32.6 Å². The van der Waals surface area contributed by atoms with E-state index < -0.39 is 32.5 Å². The van der Waals surface area contributed by atoms with Crippen LogP contribution in [0.4, 0.5) is 0 Å². The van der Waals surface area contributed by atoms with Crippen molar-refractivity contribution in [1.82, 2.24) is 0 Å². The van der Waals surface area contributed by atoms with Gasteiger partial charge in [-0.2, -0.15) is 0 Å². The van der Waals surface area contributed by atoms with Gasteiger partial charge in [-0.3, -0.25) is 18.6 Å². The maximum atomic E-state index is 12.6. The number of hydrogen-bond acceptors (Lipinski definition) is 8. The van der Waals surface area contributed by atoms with Crippen molar-refractivity contribution < 1.29 is 37.6 Å². The van der Waals surface area contributed by atoms with Crippen LogP contribution in [0.3, 0.4) is 0 Å². The Bertz CT molecular complexity index is 1090. The SMILES string of the molecule is CCCCCC/C=C/CCCCCCCC(=O)OC[C@H](COP(=O)(O)OCCN)OC(=O)CCC/C=C/C/C=C/C/C=C/C/C=C/CCCCCCCCC. The van der Waals surface area contributed by atoms with Gasteiger partial charge in [-0.15, -0.1) is 0 Å². The van der Waals surface area contributed by atoms with E-state index in [1.54, 1.807) is 0 Å². The third kappa shape index (κ3) is 41.2. The number of phosphoric acid groups is 1. The van der Waals surface area contributed by atoms with Crippen molar-refractivity contribution in [3.8, 4) is 0 Å². The van der Waals surface area contributed by atoms with Crippen LogP contribution >= 0.6 is 7.82 Å². The molecule has 0 aliphatic rings. The molecule has 0 spiro atoms. The molecule has 0 amide bonds. The quantitative estimate of drug-likeness (QED) is 0.0269. The van der Waals surface area contributed by atoms with E-state index in [9.17, 15) is 19.0 Å². The third-order valence-electron chi connectivity index (χ3n) is 8.88. The molecule has 10 heteroatoms. The zero-order valence-electron chi connectivity index (χ0n) is 34.9. The maximum absolute atomic E-state index is 12.6. The van der Waals surface area contributed by atoms with Crippen molar-refractivity contribution >= 4 is 19.8 Å². The number of carbonyl (C=O) groups is 2. The summed E-state index contributed by atoms with van der Waals surface area (Å²) in [5.41, 5.74) is 5.34. The lowest BCUT2D eigenvalue weighted by Gasteiger charge is -2.19. The fourth-order valence-electron chi connectivity index (χ4n) is 5.62. The molecule has 1 unspecified atom stereocenters. The number of ether oxygens (including phenoxy) is 2. The molecule has 0 radical (unpaired) electrons. The lowest BCUT2D eigenvalue weighted by molar-refractivity contribution is -0.161. The van der Waals surface area contributed by atoms with Gasteiger partial charge < -0.3 is 20.1 Å². The second-order valence-corrected chi connectivity index (χ2v) is 15.7. The first-order valence-electron chi connectivity index (χ1n) is 21.8. The summed E-state index contributed by atoms with van der Waals surface area (Å²) in [5, 5.41) is 0. The Morgan fingerprint density at radius 3 is 1.49 bits per heavy atom. The number of allylic oxidation sites excluding steroid dienone is 10. The van der Waals surface area contributed by atoms with Crippen LogP contribution < -0.4 is 5.73 Å². The summed E-state index contributed by atoms with van der Waals surface area (Å²) in [6, 6.07) is 0. The zero-order valence-corrected chi connectivity index (χ0v) is 35.8. The molecule has 0 saturated carbocycles. The van der Waals surface area contributed by atoms with Crippen LogP contribution in [0.25, 0.3) is 0 Å². The monoisotopic (exact) mass is 794 g/mol. The summed E-state index contributed by atoms with van der Waals surface area (Å²) in [5.74, 6) is -0.908. The summed E-state index contributed by atoms with van der Waals surface area (Å²) in [6.45, 7) is 3.63. The number of hydrogen-bond donors (Lipinski definition) is 2. The molecule has 0 rings (SSSR count). The normalized spacial score (nSPS) is 13.9. The molecule has 0 bridgehead atoms. The van der Waals surface area contributed by atoms with E-state index >= 15 is 0 Å². The predicted octanol–water partition coefficient (Wildman–Crippen LogP) is 12.5. The first-order valence-corrected chi connectivity index (χ1v) is 23.3. The molecular formula is C45H80NO8P. The summed E-state index contributed by atoms with van der Waals surface area (Å²) < 4.78 is 32.7. The standard InChI is InChI=1S/C45H80NO8P/c1-3-5-7-9-11-13-15-17-18-19-20-21-22-23-24-26-28-30-32-34-36-38-45(48)54-43(42-53-55(49,50)52-40-39-46)41-51-44(47)37-35-33-31-29-27-25-16-14-12-10-8-6-4-2/h14,16,18-19,21-22,24,26,30,32,43H,3-13,15,17,20,23,25,27-29,31,33-42,46H2,1-2H3,(H,49,50)/b16-14+,19-18+,22-21+,26-24+,32-30+/t43-/m1/s1. The van der Waals surface area contributed by atoms with Crippen molar-refractivity contribution in [1.29, 1.82) is 0 Å². The summed E-state index contributed by atoms with van der Waals surface area (Å²) in [4.78, 5) is 34.8. The number of unbranched alkanes of at least 4 members (excludes halogenated alkanes) is 17. The molecule has 0 aliphatic heterocycles. The summed E-state index contributed by atoms with van der Waals surface area (Å²) in [7, 11) is -4.39. The van der Waals surface area contributed by atoms with Crippen LogP contribution in [0, 0.1) is 0 Å². The molecule has 0 aromatic rings. The van der Waals surface area contributed by atoms with Crippen molar-refractivity contribution in [2.24, 2.45) is 5.73 Å². The van der Waals surface area contributed by atoms with E-state index in [2.05, 4.69) is 68.5 Å². The van der Waals surface area contributed by atoms with E-state index in [0.717, 1.165) is 51.4 Å². The number of phosphoric ester groups is 1. The minimum absolute atomic E-state index is 0.0414. The smallest absolute Gasteiger partial charge is 0.462 e. The first-order chi connectivity index (χ1) is 26.8. The van der Waals surface area contributed by atoms with Gasteiger partial charge in [-0.05, 0) is 77.0 Å². The van der Waals surface area contributed by atoms with E-state index in [1.807, 2.05) is 6.08 Å². The minimum atomic E-state index is -4.39. The Morgan fingerprint density at radius 1 is 0.545 bits per heavy atom. The molecular weight excluding hydrogens is 713 g/mol. The molecule has 55 heavy (non-hydrogen) atoms. The van der Waals surface area contributed by atoms with Crippen LogP contribution in [0.15, 0.2) is 60.8 Å². The van der Waals surface area contributed by atoms with Crippen LogP contribution in [0.5, 0.6) is 0 Å². The van der Waals surface area contributed by atoms with Gasteiger partial charge in [-0.25, -0.2) is 4.57 Å². The highest BCUT2D eigenvalue weighted by atomic mass is 31.2. The molecule has 0 aromatic carbocycles. The van der Waals surface area contributed by atoms with Gasteiger partial charge in [0.2, 0.25) is 0 Å². The van der Waals surface area contributed by atoms with Gasteiger partial charge >= 0.3 is 19.8 Å². The molecule has 0 aliphatic carbocycles. The fraction of sp³-hybridized carbons (Fsp3) is 0.733. The second-order valence-electron chi connectivity index (χ2n) is 14.2. The first kappa shape index (κ1) is 52.7. The average Bonchev–Trinajstić information content (AvgIpc) is 3.17. The van der Waals surface area contributed by atoms with Gasteiger partial charge in [0.1, 0.15) is 6.61 Å². The van der Waals surface area contributed by atoms with Crippen molar-refractivity contribution in [3.05, 3.63) is 60.8 Å². The van der Waals surface area contributed by atoms with Gasteiger partial charge in [-0.1, -0.05) is 152 Å². The zero-order chi connectivity index (χ0) is 40.3. The number of rotatable bonds is 40. The van der Waals surface area contributed by atoms with E-state index in [0.29, 0.717) is 19.3 Å². The third-order valence-corrected chi connectivity index (χ3v) is 9.86. The highest BCUT2D eigenvalue weighted by molar-refractivity contribution is 7.47. The lowest BCUT2D eigenvalue weighted by atomic mass is 10.1. The topological polar surface area (TPSA) is 134 Å². The Labute approximate surface area is 336 Å². The van der Waals surface area contributed by atoms with E-state index in [4.69, 9.17) is 24.3 Å². The molecule has 0 fully saturated rings. The Morgan fingerprint density at radius 2 is 0.964 bits per heavy atom. The Hall–Kier alpha value is -2.29. The Balaban J connectivity index is 4.27. The van der Waals surface area contributed by atoms with Crippen LogP contribution in [0.1, 0.15) is 181 Å². The second kappa shape index (κ2) is 41.3. The van der Waals surface area contributed by atoms with Crippen molar-refractivity contribution in [2.45, 2.75) is 187 Å². The van der Waals surface area contributed by atoms with Crippen molar-refractivity contribution in [3.63, 3.8) is 0 Å². The fourth-order valence-corrected chi connectivity index (χ4v) is 6.39. The van der Waals surface area contributed by atoms with Crippen LogP contribution in [-0.2, 0) is 32.7 Å². The van der Waals surface area contributed by atoms with Crippen LogP contribution in [0.2, 0.25) is 0 Å². The molecule has 9 nitrogen and oxygen atoms in total. The molecule has 0 saturated heterocycles. The molecule has 0 heterocycles. The molecule has 318 valence electrons. The summed E-state index contributed by atoms with van der Waals surface area (Å²) in [6.07, 6.45) is 48.3. The highest BCUT2D eigenvalue weighted by Gasteiger charge is 2.25. The predicted molar refractivity (Wildman–Crippen MR) is 229 cm³/mol. The molecule has 2 atom stereocenters. The number of esters is 2. The molecule has 0 aromatic heterocycles. The lowest BCUT2D eigenvalue weighted by Crippen LogP contribution is -2.29. The molecule has 3 N–H and O–H groups in total. The Kier molecular flexibility index (Phi) is 39.6. The van der Waals surface area contributed by atoms with Crippen molar-refractivity contribution in [2.75, 3.05) is 26.4 Å².